The largest absolute Gasteiger partial charge is 0.379 e. The lowest BCUT2D eigenvalue weighted by Gasteiger charge is -2.27. The molecule has 122 valence electrons. The molecule has 1 atom stereocenters. The number of sulfone groups is 1. The van der Waals surface area contributed by atoms with Gasteiger partial charge in [0.1, 0.15) is 0 Å². The highest BCUT2D eigenvalue weighted by molar-refractivity contribution is 7.91. The van der Waals surface area contributed by atoms with E-state index < -0.39 is 15.4 Å². The van der Waals surface area contributed by atoms with Crippen molar-refractivity contribution < 1.29 is 13.2 Å². The minimum atomic E-state index is -2.91. The molecule has 1 unspecified atom stereocenters. The van der Waals surface area contributed by atoms with E-state index in [0.29, 0.717) is 11.5 Å². The molecule has 0 aromatic carbocycles. The standard InChI is InChI=1S/C13H25N3O3S2/c1-13(3-10-21(17,18)11-13)15-12(20)14-4-2-5-16-6-8-19-9-7-16/h2-11H2,1H3,(H2,14,15,20). The van der Waals surface area contributed by atoms with Crippen LogP contribution in [0.3, 0.4) is 0 Å². The van der Waals surface area contributed by atoms with E-state index in [2.05, 4.69) is 15.5 Å². The first-order chi connectivity index (χ1) is 9.89. The number of nitrogens with one attached hydrogen (secondary N) is 2. The Hall–Kier alpha value is -0.440. The lowest BCUT2D eigenvalue weighted by molar-refractivity contribution is 0.0376. The fraction of sp³-hybridized carbons (Fsp3) is 0.923. The van der Waals surface area contributed by atoms with Crippen LogP contribution in [0.4, 0.5) is 0 Å². The summed E-state index contributed by atoms with van der Waals surface area (Å²) >= 11 is 5.26. The summed E-state index contributed by atoms with van der Waals surface area (Å²) < 4.78 is 28.4. The second kappa shape index (κ2) is 7.21. The molecule has 21 heavy (non-hydrogen) atoms. The highest BCUT2D eigenvalue weighted by Gasteiger charge is 2.38. The summed E-state index contributed by atoms with van der Waals surface area (Å²) in [5.74, 6) is 0.408. The third-order valence-corrected chi connectivity index (χ3v) is 6.11. The number of nitrogens with zero attached hydrogens (tertiary/aromatic N) is 1. The molecule has 8 heteroatoms. The van der Waals surface area contributed by atoms with Crippen LogP contribution in [0.2, 0.25) is 0 Å². The fourth-order valence-corrected chi connectivity index (χ4v) is 5.20. The zero-order chi connectivity index (χ0) is 15.3. The lowest BCUT2D eigenvalue weighted by Crippen LogP contribution is -2.51. The number of hydrogen-bond donors (Lipinski definition) is 2. The highest BCUT2D eigenvalue weighted by atomic mass is 32.2. The average Bonchev–Trinajstić information content (AvgIpc) is 2.69. The van der Waals surface area contributed by atoms with Crippen molar-refractivity contribution in [3.63, 3.8) is 0 Å². The van der Waals surface area contributed by atoms with Crippen molar-refractivity contribution >= 4 is 27.2 Å². The number of ether oxygens (including phenoxy) is 1. The summed E-state index contributed by atoms with van der Waals surface area (Å²) in [6.07, 6.45) is 1.63. The maximum absolute atomic E-state index is 11.5. The molecule has 0 saturated carbocycles. The normalized spacial score (nSPS) is 29.2. The van der Waals surface area contributed by atoms with Crippen molar-refractivity contribution in [1.29, 1.82) is 0 Å². The third-order valence-electron chi connectivity index (χ3n) is 3.96. The highest BCUT2D eigenvalue weighted by Crippen LogP contribution is 2.22. The maximum Gasteiger partial charge on any atom is 0.166 e. The summed E-state index contributed by atoms with van der Waals surface area (Å²) in [5.41, 5.74) is -0.423. The molecular formula is C13H25N3O3S2. The third kappa shape index (κ3) is 5.69. The van der Waals surface area contributed by atoms with Crippen LogP contribution in [-0.4, -0.2) is 74.9 Å². The molecule has 2 heterocycles. The second-order valence-corrected chi connectivity index (χ2v) is 8.68. The van der Waals surface area contributed by atoms with Gasteiger partial charge in [-0.3, -0.25) is 4.90 Å². The molecule has 0 amide bonds. The molecule has 0 radical (unpaired) electrons. The summed E-state index contributed by atoms with van der Waals surface area (Å²) in [4.78, 5) is 2.38. The molecule has 2 N–H and O–H groups in total. The number of thiocarbonyl (C=S) groups is 1. The van der Waals surface area contributed by atoms with Crippen molar-refractivity contribution in [2.75, 3.05) is 50.9 Å². The minimum absolute atomic E-state index is 0.162. The van der Waals surface area contributed by atoms with Crippen LogP contribution in [0, 0.1) is 0 Å². The lowest BCUT2D eigenvalue weighted by atomic mass is 10.0. The van der Waals surface area contributed by atoms with Gasteiger partial charge in [-0.2, -0.15) is 0 Å². The predicted octanol–water partition coefficient (Wildman–Crippen LogP) is -0.250. The van der Waals surface area contributed by atoms with Gasteiger partial charge < -0.3 is 15.4 Å². The zero-order valence-electron chi connectivity index (χ0n) is 12.6. The van der Waals surface area contributed by atoms with Crippen LogP contribution in [0.25, 0.3) is 0 Å². The predicted molar refractivity (Wildman–Crippen MR) is 87.3 cm³/mol. The van der Waals surface area contributed by atoms with Gasteiger partial charge in [0.2, 0.25) is 0 Å². The smallest absolute Gasteiger partial charge is 0.166 e. The molecule has 2 aliphatic rings. The summed E-state index contributed by atoms with van der Waals surface area (Å²) in [5, 5.41) is 6.88. The summed E-state index contributed by atoms with van der Waals surface area (Å²) in [6, 6.07) is 0. The van der Waals surface area contributed by atoms with Gasteiger partial charge in [0, 0.05) is 19.6 Å². The van der Waals surface area contributed by atoms with Crippen LogP contribution in [0.15, 0.2) is 0 Å². The SMILES string of the molecule is CC1(NC(=S)NCCCN2CCOCC2)CCS(=O)(=O)C1. The fourth-order valence-electron chi connectivity index (χ4n) is 2.76. The van der Waals surface area contributed by atoms with Gasteiger partial charge in [-0.25, -0.2) is 8.42 Å². The Bertz CT molecular complexity index is 463. The molecule has 0 spiro atoms. The molecule has 0 bridgehead atoms. The van der Waals surface area contributed by atoms with Crippen molar-refractivity contribution in [3.05, 3.63) is 0 Å². The Balaban J connectivity index is 1.61. The Morgan fingerprint density at radius 3 is 2.71 bits per heavy atom. The number of hydrogen-bond acceptors (Lipinski definition) is 5. The molecule has 2 aliphatic heterocycles. The Morgan fingerprint density at radius 1 is 1.38 bits per heavy atom. The Morgan fingerprint density at radius 2 is 2.10 bits per heavy atom. The van der Waals surface area contributed by atoms with Gasteiger partial charge in [-0.1, -0.05) is 0 Å². The van der Waals surface area contributed by atoms with E-state index >= 15 is 0 Å². The molecule has 0 aliphatic carbocycles. The molecule has 2 fully saturated rings. The maximum atomic E-state index is 11.5. The Kier molecular flexibility index (Phi) is 5.81. The molecule has 2 rings (SSSR count). The molecule has 0 aromatic heterocycles. The van der Waals surface area contributed by atoms with Crippen LogP contribution >= 0.6 is 12.2 Å². The van der Waals surface area contributed by atoms with E-state index in [9.17, 15) is 8.42 Å². The zero-order valence-corrected chi connectivity index (χ0v) is 14.2. The van der Waals surface area contributed by atoms with Gasteiger partial charge in [0.25, 0.3) is 0 Å². The first kappa shape index (κ1) is 16.9. The van der Waals surface area contributed by atoms with Gasteiger partial charge >= 0.3 is 0 Å². The molecular weight excluding hydrogens is 310 g/mol. The van der Waals surface area contributed by atoms with E-state index in [1.165, 1.54) is 0 Å². The topological polar surface area (TPSA) is 70.7 Å². The Labute approximate surface area is 132 Å². The number of rotatable bonds is 5. The quantitative estimate of drug-likeness (QED) is 0.530. The van der Waals surface area contributed by atoms with Crippen molar-refractivity contribution in [3.8, 4) is 0 Å². The minimum Gasteiger partial charge on any atom is -0.379 e. The van der Waals surface area contributed by atoms with Crippen LogP contribution in [0.5, 0.6) is 0 Å². The monoisotopic (exact) mass is 335 g/mol. The van der Waals surface area contributed by atoms with E-state index in [1.807, 2.05) is 6.92 Å². The van der Waals surface area contributed by atoms with E-state index in [0.717, 1.165) is 45.8 Å². The van der Waals surface area contributed by atoms with Crippen molar-refractivity contribution in [2.24, 2.45) is 0 Å². The summed E-state index contributed by atoms with van der Waals surface area (Å²) in [6.45, 7) is 7.38. The summed E-state index contributed by atoms with van der Waals surface area (Å²) in [7, 11) is -2.91. The first-order valence-electron chi connectivity index (χ1n) is 7.45. The second-order valence-electron chi connectivity index (χ2n) is 6.09. The van der Waals surface area contributed by atoms with Crippen LogP contribution in [-0.2, 0) is 14.6 Å². The van der Waals surface area contributed by atoms with Crippen LogP contribution in [0.1, 0.15) is 19.8 Å². The van der Waals surface area contributed by atoms with Gasteiger partial charge in [-0.15, -0.1) is 0 Å². The van der Waals surface area contributed by atoms with Gasteiger partial charge in [-0.05, 0) is 38.5 Å². The van der Waals surface area contributed by atoms with Crippen LogP contribution < -0.4 is 10.6 Å². The van der Waals surface area contributed by atoms with Gasteiger partial charge in [0.15, 0.2) is 14.9 Å². The molecule has 6 nitrogen and oxygen atoms in total. The first-order valence-corrected chi connectivity index (χ1v) is 9.68. The van der Waals surface area contributed by atoms with Crippen molar-refractivity contribution in [2.45, 2.75) is 25.3 Å². The van der Waals surface area contributed by atoms with Crippen molar-refractivity contribution in [1.82, 2.24) is 15.5 Å². The van der Waals surface area contributed by atoms with E-state index in [1.54, 1.807) is 0 Å². The van der Waals surface area contributed by atoms with Gasteiger partial charge in [0.05, 0.1) is 30.3 Å². The number of morpholine rings is 1. The van der Waals surface area contributed by atoms with E-state index in [4.69, 9.17) is 17.0 Å². The van der Waals surface area contributed by atoms with E-state index in [-0.39, 0.29) is 11.5 Å². The molecule has 2 saturated heterocycles. The average molecular weight is 335 g/mol. The molecule has 0 aromatic rings.